The number of nitrogens with one attached hydrogen (secondary N) is 2. The molecule has 29 heavy (non-hydrogen) atoms. The van der Waals surface area contributed by atoms with Gasteiger partial charge in [0.1, 0.15) is 11.5 Å². The van der Waals surface area contributed by atoms with E-state index in [1.54, 1.807) is 14.2 Å². The van der Waals surface area contributed by atoms with E-state index < -0.39 is 0 Å². The van der Waals surface area contributed by atoms with Gasteiger partial charge in [0.05, 0.1) is 14.2 Å². The molecule has 8 heteroatoms. The minimum Gasteiger partial charge on any atom is -0.497 e. The highest BCUT2D eigenvalue weighted by atomic mass is 127. The van der Waals surface area contributed by atoms with E-state index in [-0.39, 0.29) is 24.0 Å². The summed E-state index contributed by atoms with van der Waals surface area (Å²) < 4.78 is 10.8. The number of nitrogens with zero attached hydrogens (tertiary/aromatic N) is 3. The van der Waals surface area contributed by atoms with Crippen LogP contribution in [0.25, 0.3) is 0 Å². The second kappa shape index (κ2) is 11.7. The summed E-state index contributed by atoms with van der Waals surface area (Å²) in [5.74, 6) is 3.26. The average Bonchev–Trinajstić information content (AvgIpc) is 3.40. The molecule has 2 aliphatic heterocycles. The summed E-state index contributed by atoms with van der Waals surface area (Å²) in [6.07, 6.45) is 2.35. The van der Waals surface area contributed by atoms with Crippen molar-refractivity contribution in [3.05, 3.63) is 18.2 Å². The molecular weight excluding hydrogens is 481 g/mol. The Morgan fingerprint density at radius 1 is 1.10 bits per heavy atom. The van der Waals surface area contributed by atoms with Crippen LogP contribution in [-0.4, -0.2) is 77.4 Å². The zero-order chi connectivity index (χ0) is 19.9. The minimum absolute atomic E-state index is 0. The average molecular weight is 517 g/mol. The Morgan fingerprint density at radius 3 is 2.41 bits per heavy atom. The molecule has 2 aliphatic rings. The quantitative estimate of drug-likeness (QED) is 0.329. The van der Waals surface area contributed by atoms with Crippen molar-refractivity contribution in [3.8, 4) is 11.5 Å². The molecule has 164 valence electrons. The van der Waals surface area contributed by atoms with Crippen molar-refractivity contribution in [2.45, 2.75) is 25.8 Å². The lowest BCUT2D eigenvalue weighted by Gasteiger charge is -2.22. The van der Waals surface area contributed by atoms with Gasteiger partial charge in [-0.25, -0.2) is 0 Å². The third-order valence-electron chi connectivity index (χ3n) is 5.83. The van der Waals surface area contributed by atoms with Crippen molar-refractivity contribution in [3.63, 3.8) is 0 Å². The van der Waals surface area contributed by atoms with E-state index >= 15 is 0 Å². The van der Waals surface area contributed by atoms with Crippen molar-refractivity contribution in [1.29, 1.82) is 0 Å². The fourth-order valence-electron chi connectivity index (χ4n) is 4.08. The summed E-state index contributed by atoms with van der Waals surface area (Å²) in [6.45, 7) is 8.71. The molecule has 7 nitrogen and oxygen atoms in total. The van der Waals surface area contributed by atoms with E-state index in [4.69, 9.17) is 9.47 Å². The van der Waals surface area contributed by atoms with Gasteiger partial charge in [0.2, 0.25) is 0 Å². The molecular formula is C21H36IN5O2. The first kappa shape index (κ1) is 23.9. The molecule has 2 fully saturated rings. The second-order valence-electron chi connectivity index (χ2n) is 7.65. The Balaban J connectivity index is 0.00000300. The molecule has 2 N–H and O–H groups in total. The van der Waals surface area contributed by atoms with E-state index in [2.05, 4.69) is 44.5 Å². The van der Waals surface area contributed by atoms with Crippen LogP contribution in [0.2, 0.25) is 0 Å². The first-order valence-corrected chi connectivity index (χ1v) is 10.3. The highest BCUT2D eigenvalue weighted by Crippen LogP contribution is 2.30. The number of guanidine groups is 1. The lowest BCUT2D eigenvalue weighted by Crippen LogP contribution is -2.46. The van der Waals surface area contributed by atoms with Gasteiger partial charge in [-0.05, 0) is 31.8 Å². The number of benzene rings is 1. The Morgan fingerprint density at radius 2 is 1.83 bits per heavy atom. The molecule has 2 saturated heterocycles. The van der Waals surface area contributed by atoms with Crippen LogP contribution in [0.1, 0.15) is 19.8 Å². The molecule has 0 aromatic heterocycles. The number of hydrogen-bond acceptors (Lipinski definition) is 5. The van der Waals surface area contributed by atoms with Gasteiger partial charge in [-0.1, -0.05) is 6.92 Å². The van der Waals surface area contributed by atoms with Crippen LogP contribution in [0, 0.1) is 5.92 Å². The number of anilines is 1. The van der Waals surface area contributed by atoms with Crippen LogP contribution in [0.3, 0.4) is 0 Å². The molecule has 1 aromatic rings. The molecule has 2 atom stereocenters. The predicted octanol–water partition coefficient (Wildman–Crippen LogP) is 2.41. The van der Waals surface area contributed by atoms with Crippen LogP contribution >= 0.6 is 24.0 Å². The standard InChI is InChI=1S/C21H35N5O2.HI/c1-5-25-8-6-16(14-25)13-23-21(22-2)24-17-7-9-26(15-17)18-10-19(27-3)12-20(11-18)28-4;/h10-12,16-17H,5-9,13-15H2,1-4H3,(H2,22,23,24);1H. The van der Waals surface area contributed by atoms with E-state index in [1.165, 1.54) is 19.5 Å². The van der Waals surface area contributed by atoms with Gasteiger partial charge in [0.15, 0.2) is 5.96 Å². The molecule has 0 bridgehead atoms. The number of likely N-dealkylation sites (tertiary alicyclic amines) is 1. The minimum atomic E-state index is 0. The summed E-state index contributed by atoms with van der Waals surface area (Å²) in [6, 6.07) is 6.41. The fraction of sp³-hybridized carbons (Fsp3) is 0.667. The third kappa shape index (κ3) is 6.53. The molecule has 0 spiro atoms. The highest BCUT2D eigenvalue weighted by molar-refractivity contribution is 14.0. The molecule has 2 unspecified atom stereocenters. The fourth-order valence-corrected chi connectivity index (χ4v) is 4.08. The largest absolute Gasteiger partial charge is 0.497 e. The SMILES string of the molecule is CCN1CCC(CNC(=NC)NC2CCN(c3cc(OC)cc(OC)c3)C2)C1.I. The number of halogens is 1. The van der Waals surface area contributed by atoms with Crippen molar-refractivity contribution < 1.29 is 9.47 Å². The maximum atomic E-state index is 5.41. The monoisotopic (exact) mass is 517 g/mol. The molecule has 0 aliphatic carbocycles. The first-order valence-electron chi connectivity index (χ1n) is 10.3. The summed E-state index contributed by atoms with van der Waals surface area (Å²) in [5.41, 5.74) is 1.13. The van der Waals surface area contributed by atoms with E-state index in [0.29, 0.717) is 12.0 Å². The van der Waals surface area contributed by atoms with Gasteiger partial charge in [-0.2, -0.15) is 0 Å². The van der Waals surface area contributed by atoms with Gasteiger partial charge in [-0.15, -0.1) is 24.0 Å². The predicted molar refractivity (Wildman–Crippen MR) is 130 cm³/mol. The Hall–Kier alpha value is -1.42. The zero-order valence-corrected chi connectivity index (χ0v) is 20.4. The summed E-state index contributed by atoms with van der Waals surface area (Å²) in [7, 11) is 5.22. The van der Waals surface area contributed by atoms with Crippen molar-refractivity contribution in [1.82, 2.24) is 15.5 Å². The molecule has 1 aromatic carbocycles. The molecule has 2 heterocycles. The number of aliphatic imine (C=N–C) groups is 1. The number of rotatable bonds is 7. The maximum absolute atomic E-state index is 5.41. The first-order chi connectivity index (χ1) is 13.6. The maximum Gasteiger partial charge on any atom is 0.191 e. The van der Waals surface area contributed by atoms with Gasteiger partial charge < -0.3 is 29.9 Å². The van der Waals surface area contributed by atoms with Crippen LogP contribution < -0.4 is 25.0 Å². The number of ether oxygens (including phenoxy) is 2. The van der Waals surface area contributed by atoms with Crippen LogP contribution in [0.4, 0.5) is 5.69 Å². The van der Waals surface area contributed by atoms with Gasteiger partial charge in [0, 0.05) is 63.2 Å². The second-order valence-corrected chi connectivity index (χ2v) is 7.65. The van der Waals surface area contributed by atoms with Gasteiger partial charge >= 0.3 is 0 Å². The van der Waals surface area contributed by atoms with Crippen LogP contribution in [-0.2, 0) is 0 Å². The van der Waals surface area contributed by atoms with Gasteiger partial charge in [-0.3, -0.25) is 4.99 Å². The summed E-state index contributed by atoms with van der Waals surface area (Å²) >= 11 is 0. The number of methoxy groups -OCH3 is 2. The smallest absolute Gasteiger partial charge is 0.191 e. The normalized spacial score (nSPS) is 22.3. The van der Waals surface area contributed by atoms with Crippen LogP contribution in [0.15, 0.2) is 23.2 Å². The Labute approximate surface area is 192 Å². The van der Waals surface area contributed by atoms with E-state index in [1.807, 2.05) is 13.1 Å². The molecule has 0 amide bonds. The Bertz CT molecular complexity index is 650. The third-order valence-corrected chi connectivity index (χ3v) is 5.83. The van der Waals surface area contributed by atoms with Crippen molar-refractivity contribution in [2.24, 2.45) is 10.9 Å². The summed E-state index contributed by atoms with van der Waals surface area (Å²) in [5, 5.41) is 7.12. The highest BCUT2D eigenvalue weighted by Gasteiger charge is 2.25. The molecule has 0 radical (unpaired) electrons. The summed E-state index contributed by atoms with van der Waals surface area (Å²) in [4.78, 5) is 9.31. The Kier molecular flexibility index (Phi) is 9.61. The lowest BCUT2D eigenvalue weighted by atomic mass is 10.1. The topological polar surface area (TPSA) is 61.4 Å². The number of hydrogen-bond donors (Lipinski definition) is 2. The van der Waals surface area contributed by atoms with Crippen molar-refractivity contribution in [2.75, 3.05) is 65.4 Å². The van der Waals surface area contributed by atoms with Crippen LogP contribution in [0.5, 0.6) is 11.5 Å². The van der Waals surface area contributed by atoms with E-state index in [0.717, 1.165) is 55.7 Å². The van der Waals surface area contributed by atoms with Crippen molar-refractivity contribution >= 4 is 35.6 Å². The zero-order valence-electron chi connectivity index (χ0n) is 18.1. The van der Waals surface area contributed by atoms with Gasteiger partial charge in [0.25, 0.3) is 0 Å². The lowest BCUT2D eigenvalue weighted by molar-refractivity contribution is 0.341. The molecule has 0 saturated carbocycles. The molecule has 3 rings (SSSR count). The van der Waals surface area contributed by atoms with E-state index in [9.17, 15) is 0 Å².